The maximum Gasteiger partial charge on any atom is 0.343 e. The number of benzene rings is 1. The van der Waals surface area contributed by atoms with Crippen molar-refractivity contribution in [3.8, 4) is 0 Å². The first kappa shape index (κ1) is 18.5. The van der Waals surface area contributed by atoms with Gasteiger partial charge in [-0.05, 0) is 48.1 Å². The molecule has 2 aromatic heterocycles. The second kappa shape index (κ2) is 7.53. The molecule has 0 atom stereocenters. The van der Waals surface area contributed by atoms with Gasteiger partial charge in [0.25, 0.3) is 0 Å². The molecule has 0 aliphatic rings. The molecule has 1 aromatic carbocycles. The van der Waals surface area contributed by atoms with Crippen molar-refractivity contribution >= 4 is 22.7 Å². The number of nitrogens with zero attached hydrogens (tertiary/aromatic N) is 2. The molecule has 0 aliphatic heterocycles. The highest BCUT2D eigenvalue weighted by atomic mass is 32.2. The lowest BCUT2D eigenvalue weighted by Crippen LogP contribution is -2.17. The van der Waals surface area contributed by atoms with Gasteiger partial charge in [-0.15, -0.1) is 5.10 Å². The van der Waals surface area contributed by atoms with E-state index in [-0.39, 0.29) is 11.3 Å². The number of hydrogen-bond acceptors (Lipinski definition) is 5. The zero-order valence-electron chi connectivity index (χ0n) is 15.5. The fraction of sp³-hybridized carbons (Fsp3) is 0.421. The summed E-state index contributed by atoms with van der Waals surface area (Å²) < 4.78 is 7.02. The summed E-state index contributed by atoms with van der Waals surface area (Å²) in [5.74, 6) is 0.921. The summed E-state index contributed by atoms with van der Waals surface area (Å²) in [6, 6.07) is 5.57. The van der Waals surface area contributed by atoms with Crippen LogP contribution in [-0.2, 0) is 12.3 Å². The molecule has 26 heavy (non-hydrogen) atoms. The van der Waals surface area contributed by atoms with Crippen molar-refractivity contribution in [2.75, 3.05) is 0 Å². The van der Waals surface area contributed by atoms with Crippen LogP contribution in [0.2, 0.25) is 0 Å². The van der Waals surface area contributed by atoms with Crippen LogP contribution in [0.5, 0.6) is 0 Å². The lowest BCUT2D eigenvalue weighted by atomic mass is 9.95. The first-order chi connectivity index (χ1) is 12.4. The monoisotopic (exact) mass is 373 g/mol. The zero-order valence-corrected chi connectivity index (χ0v) is 16.3. The molecule has 7 heteroatoms. The normalized spacial score (nSPS) is 11.6. The van der Waals surface area contributed by atoms with Crippen molar-refractivity contribution in [2.24, 2.45) is 0 Å². The first-order valence-corrected chi connectivity index (χ1v) is 9.74. The van der Waals surface area contributed by atoms with E-state index in [9.17, 15) is 9.59 Å². The molecule has 3 rings (SSSR count). The standard InChI is InChI=1S/C19H23N3O3S/c1-5-6-22-18(24)20-21-19(22)26-10-13-8-17(23)25-16-7-12(4)14(11(2)3)9-15(13)16/h7-9,11H,5-6,10H2,1-4H3,(H,20,24). The number of thioether (sulfide) groups is 1. The first-order valence-electron chi connectivity index (χ1n) is 8.76. The van der Waals surface area contributed by atoms with E-state index < -0.39 is 0 Å². The largest absolute Gasteiger partial charge is 0.423 e. The minimum atomic E-state index is -0.363. The van der Waals surface area contributed by atoms with Gasteiger partial charge in [-0.3, -0.25) is 4.57 Å². The smallest absolute Gasteiger partial charge is 0.343 e. The molecule has 0 spiro atoms. The Bertz CT molecular complexity index is 1050. The van der Waals surface area contributed by atoms with Crippen LogP contribution in [0.3, 0.4) is 0 Å². The number of aryl methyl sites for hydroxylation is 1. The van der Waals surface area contributed by atoms with Gasteiger partial charge >= 0.3 is 11.3 Å². The maximum atomic E-state index is 12.0. The molecule has 0 saturated heterocycles. The quantitative estimate of drug-likeness (QED) is 0.525. The summed E-state index contributed by atoms with van der Waals surface area (Å²) in [7, 11) is 0. The van der Waals surface area contributed by atoms with Gasteiger partial charge in [-0.2, -0.15) is 0 Å². The topological polar surface area (TPSA) is 80.9 Å². The van der Waals surface area contributed by atoms with E-state index >= 15 is 0 Å². The molecule has 1 N–H and O–H groups in total. The zero-order chi connectivity index (χ0) is 18.8. The van der Waals surface area contributed by atoms with Gasteiger partial charge in [0, 0.05) is 23.8 Å². The van der Waals surface area contributed by atoms with Crippen molar-refractivity contribution in [1.82, 2.24) is 14.8 Å². The van der Waals surface area contributed by atoms with Crippen molar-refractivity contribution in [2.45, 2.75) is 57.5 Å². The van der Waals surface area contributed by atoms with Crippen LogP contribution in [-0.4, -0.2) is 14.8 Å². The summed E-state index contributed by atoms with van der Waals surface area (Å²) in [5, 5.41) is 8.16. The van der Waals surface area contributed by atoms with E-state index in [1.54, 1.807) is 4.57 Å². The Kier molecular flexibility index (Phi) is 5.36. The van der Waals surface area contributed by atoms with Gasteiger partial charge in [-0.1, -0.05) is 32.5 Å². The van der Waals surface area contributed by atoms with E-state index in [2.05, 4.69) is 30.1 Å². The molecular weight excluding hydrogens is 350 g/mol. The minimum Gasteiger partial charge on any atom is -0.423 e. The second-order valence-electron chi connectivity index (χ2n) is 6.70. The number of nitrogens with one attached hydrogen (secondary N) is 1. The Balaban J connectivity index is 2.01. The van der Waals surface area contributed by atoms with Crippen LogP contribution in [0.4, 0.5) is 0 Å². The third-order valence-corrected chi connectivity index (χ3v) is 5.39. The fourth-order valence-electron chi connectivity index (χ4n) is 3.11. The molecule has 0 amide bonds. The molecule has 0 saturated carbocycles. The Morgan fingerprint density at radius 3 is 2.73 bits per heavy atom. The van der Waals surface area contributed by atoms with Gasteiger partial charge < -0.3 is 4.42 Å². The van der Waals surface area contributed by atoms with E-state index in [0.29, 0.717) is 29.0 Å². The summed E-state index contributed by atoms with van der Waals surface area (Å²) in [6.45, 7) is 8.96. The highest BCUT2D eigenvalue weighted by Crippen LogP contribution is 2.29. The van der Waals surface area contributed by atoms with Gasteiger partial charge in [0.05, 0.1) is 0 Å². The van der Waals surface area contributed by atoms with E-state index in [1.807, 2.05) is 19.9 Å². The molecule has 3 aromatic rings. The molecular formula is C19H23N3O3S. The summed E-state index contributed by atoms with van der Waals surface area (Å²) in [4.78, 5) is 23.8. The maximum absolute atomic E-state index is 12.0. The molecule has 0 radical (unpaired) electrons. The van der Waals surface area contributed by atoms with E-state index in [1.165, 1.54) is 23.4 Å². The highest BCUT2D eigenvalue weighted by molar-refractivity contribution is 7.98. The van der Waals surface area contributed by atoms with Gasteiger partial charge in [-0.25, -0.2) is 14.7 Å². The Hall–Kier alpha value is -2.28. The number of hydrogen-bond donors (Lipinski definition) is 1. The van der Waals surface area contributed by atoms with E-state index in [4.69, 9.17) is 4.42 Å². The van der Waals surface area contributed by atoms with Crippen molar-refractivity contribution < 1.29 is 4.42 Å². The van der Waals surface area contributed by atoms with Gasteiger partial charge in [0.1, 0.15) is 5.58 Å². The lowest BCUT2D eigenvalue weighted by Gasteiger charge is -2.13. The third kappa shape index (κ3) is 3.62. The highest BCUT2D eigenvalue weighted by Gasteiger charge is 2.14. The van der Waals surface area contributed by atoms with Crippen LogP contribution in [0, 0.1) is 6.92 Å². The molecule has 0 aliphatic carbocycles. The Morgan fingerprint density at radius 1 is 1.27 bits per heavy atom. The number of aromatic nitrogens is 3. The molecule has 138 valence electrons. The van der Waals surface area contributed by atoms with Crippen LogP contribution < -0.4 is 11.3 Å². The summed E-state index contributed by atoms with van der Waals surface area (Å²) in [5.41, 5.74) is 3.27. The Labute approximate surface area is 155 Å². The molecule has 6 nitrogen and oxygen atoms in total. The molecule has 0 fully saturated rings. The fourth-order valence-corrected chi connectivity index (χ4v) is 4.07. The predicted molar refractivity (Wildman–Crippen MR) is 104 cm³/mol. The Morgan fingerprint density at radius 2 is 2.04 bits per heavy atom. The van der Waals surface area contributed by atoms with Crippen molar-refractivity contribution in [3.05, 3.63) is 55.8 Å². The number of H-pyrrole nitrogens is 1. The van der Waals surface area contributed by atoms with Crippen LogP contribution in [0.15, 0.2) is 37.4 Å². The average molecular weight is 373 g/mol. The lowest BCUT2D eigenvalue weighted by molar-refractivity contribution is 0.559. The molecule has 0 bridgehead atoms. The van der Waals surface area contributed by atoms with Crippen LogP contribution >= 0.6 is 11.8 Å². The average Bonchev–Trinajstić information content (AvgIpc) is 2.92. The van der Waals surface area contributed by atoms with Gasteiger partial charge in [0.2, 0.25) is 0 Å². The number of aromatic amines is 1. The SMILES string of the molecule is CCCn1c(SCc2cc(=O)oc3cc(C)c(C(C)C)cc23)n[nH]c1=O. The number of rotatable bonds is 6. The van der Waals surface area contributed by atoms with Crippen molar-refractivity contribution in [3.63, 3.8) is 0 Å². The predicted octanol–water partition coefficient (Wildman–Crippen LogP) is 3.81. The summed E-state index contributed by atoms with van der Waals surface area (Å²) >= 11 is 1.44. The molecule has 2 heterocycles. The van der Waals surface area contributed by atoms with Crippen LogP contribution in [0.25, 0.3) is 11.0 Å². The number of fused-ring (bicyclic) bond motifs is 1. The summed E-state index contributed by atoms with van der Waals surface area (Å²) in [6.07, 6.45) is 0.849. The third-order valence-electron chi connectivity index (χ3n) is 4.37. The second-order valence-corrected chi connectivity index (χ2v) is 7.64. The van der Waals surface area contributed by atoms with Crippen LogP contribution in [0.1, 0.15) is 49.8 Å². The van der Waals surface area contributed by atoms with E-state index in [0.717, 1.165) is 22.9 Å². The van der Waals surface area contributed by atoms with Gasteiger partial charge in [0.15, 0.2) is 5.16 Å². The molecule has 0 unspecified atom stereocenters. The minimum absolute atomic E-state index is 0.204. The van der Waals surface area contributed by atoms with Crippen molar-refractivity contribution in [1.29, 1.82) is 0 Å².